The van der Waals surface area contributed by atoms with E-state index in [1.54, 1.807) is 12.1 Å². The van der Waals surface area contributed by atoms with Crippen molar-refractivity contribution < 1.29 is 14.3 Å². The van der Waals surface area contributed by atoms with Crippen LogP contribution in [0.4, 0.5) is 5.69 Å². The maximum Gasteiger partial charge on any atom is 0.237 e. The van der Waals surface area contributed by atoms with Gasteiger partial charge in [0.25, 0.3) is 0 Å². The molecule has 0 spiro atoms. The second-order valence-corrected chi connectivity index (χ2v) is 6.39. The Morgan fingerprint density at radius 1 is 0.792 bits per heavy atom. The van der Waals surface area contributed by atoms with Gasteiger partial charge in [0, 0.05) is 0 Å². The Kier molecular flexibility index (Phi) is 3.81. The van der Waals surface area contributed by atoms with Crippen molar-refractivity contribution in [2.75, 3.05) is 4.90 Å². The predicted octanol–water partition coefficient (Wildman–Crippen LogP) is 4.16. The zero-order valence-electron chi connectivity index (χ0n) is 13.4. The van der Waals surface area contributed by atoms with Gasteiger partial charge in [-0.2, -0.15) is 0 Å². The van der Waals surface area contributed by atoms with E-state index in [0.717, 1.165) is 25.7 Å². The molecule has 0 N–H and O–H groups in total. The number of ether oxygens (including phenoxy) is 1. The number of carbonyl (C=O) groups is 2. The van der Waals surface area contributed by atoms with E-state index in [2.05, 4.69) is 0 Å². The summed E-state index contributed by atoms with van der Waals surface area (Å²) < 4.78 is 5.93. The molecule has 2 aromatic carbocycles. The lowest BCUT2D eigenvalue weighted by Gasteiger charge is -2.19. The molecule has 4 nitrogen and oxygen atoms in total. The van der Waals surface area contributed by atoms with Crippen LogP contribution in [0.3, 0.4) is 0 Å². The summed E-state index contributed by atoms with van der Waals surface area (Å²) in [7, 11) is 0. The number of amides is 2. The van der Waals surface area contributed by atoms with E-state index in [0.29, 0.717) is 17.2 Å². The maximum atomic E-state index is 12.8. The molecule has 2 amide bonds. The van der Waals surface area contributed by atoms with Crippen molar-refractivity contribution in [2.45, 2.75) is 25.7 Å². The first-order chi connectivity index (χ1) is 11.8. The van der Waals surface area contributed by atoms with Crippen LogP contribution in [0.5, 0.6) is 11.5 Å². The molecule has 0 aromatic heterocycles. The Bertz CT molecular complexity index is 747. The minimum absolute atomic E-state index is 0.0752. The van der Waals surface area contributed by atoms with Crippen molar-refractivity contribution in [3.63, 3.8) is 0 Å². The largest absolute Gasteiger partial charge is 0.455 e. The van der Waals surface area contributed by atoms with E-state index in [9.17, 15) is 9.59 Å². The average Bonchev–Trinajstić information content (AvgIpc) is 2.88. The van der Waals surface area contributed by atoms with Crippen molar-refractivity contribution in [2.24, 2.45) is 11.8 Å². The number of carbonyl (C=O) groups excluding carboxylic acids is 2. The van der Waals surface area contributed by atoms with Crippen LogP contribution in [-0.4, -0.2) is 11.8 Å². The van der Waals surface area contributed by atoms with Gasteiger partial charge in [-0.15, -0.1) is 0 Å². The third-order valence-electron chi connectivity index (χ3n) is 4.92. The zero-order chi connectivity index (χ0) is 16.5. The van der Waals surface area contributed by atoms with Crippen molar-refractivity contribution in [3.05, 3.63) is 54.6 Å². The summed E-state index contributed by atoms with van der Waals surface area (Å²) in [6, 6.07) is 16.6. The second kappa shape index (κ2) is 6.11. The summed E-state index contributed by atoms with van der Waals surface area (Å²) in [4.78, 5) is 27.0. The van der Waals surface area contributed by atoms with Gasteiger partial charge < -0.3 is 4.74 Å². The third-order valence-corrected chi connectivity index (χ3v) is 4.92. The number of fused-ring (bicyclic) bond motifs is 1. The number of imide groups is 1. The number of hydrogen-bond donors (Lipinski definition) is 0. The van der Waals surface area contributed by atoms with Crippen molar-refractivity contribution in [3.8, 4) is 11.5 Å². The van der Waals surface area contributed by atoms with Crippen molar-refractivity contribution >= 4 is 17.5 Å². The van der Waals surface area contributed by atoms with Crippen LogP contribution in [0.25, 0.3) is 0 Å². The smallest absolute Gasteiger partial charge is 0.237 e. The molecular weight excluding hydrogens is 302 g/mol. The van der Waals surface area contributed by atoms with Crippen LogP contribution in [0.1, 0.15) is 25.7 Å². The highest BCUT2D eigenvalue weighted by molar-refractivity contribution is 6.22. The summed E-state index contributed by atoms with van der Waals surface area (Å²) in [6.45, 7) is 0. The van der Waals surface area contributed by atoms with Crippen molar-refractivity contribution in [1.29, 1.82) is 0 Å². The molecule has 122 valence electrons. The zero-order valence-corrected chi connectivity index (χ0v) is 13.4. The minimum Gasteiger partial charge on any atom is -0.455 e. The first-order valence-electron chi connectivity index (χ1n) is 8.45. The first kappa shape index (κ1) is 14.9. The highest BCUT2D eigenvalue weighted by Gasteiger charge is 2.49. The van der Waals surface area contributed by atoms with Crippen LogP contribution in [-0.2, 0) is 9.59 Å². The monoisotopic (exact) mass is 321 g/mol. The molecule has 0 radical (unpaired) electrons. The molecule has 2 aliphatic rings. The van der Waals surface area contributed by atoms with Gasteiger partial charge in [0.1, 0.15) is 5.75 Å². The van der Waals surface area contributed by atoms with Gasteiger partial charge in [0.05, 0.1) is 17.5 Å². The molecule has 1 aliphatic heterocycles. The molecule has 2 fully saturated rings. The SMILES string of the molecule is O=C1C2CCCCC2C(=O)N1c1ccccc1Oc1ccccc1. The van der Waals surface area contributed by atoms with Crippen LogP contribution < -0.4 is 9.64 Å². The predicted molar refractivity (Wildman–Crippen MR) is 90.9 cm³/mol. The number of hydrogen-bond acceptors (Lipinski definition) is 3. The summed E-state index contributed by atoms with van der Waals surface area (Å²) in [5, 5.41) is 0. The van der Waals surface area contributed by atoms with E-state index >= 15 is 0 Å². The Labute approximate surface area is 141 Å². The molecule has 0 bridgehead atoms. The van der Waals surface area contributed by atoms with Gasteiger partial charge in [0.2, 0.25) is 11.8 Å². The van der Waals surface area contributed by atoms with Crippen molar-refractivity contribution in [1.82, 2.24) is 0 Å². The molecule has 4 rings (SSSR count). The minimum atomic E-state index is -0.156. The quantitative estimate of drug-likeness (QED) is 0.798. The highest BCUT2D eigenvalue weighted by Crippen LogP contribution is 2.43. The third kappa shape index (κ3) is 2.48. The van der Waals surface area contributed by atoms with Gasteiger partial charge in [0.15, 0.2) is 5.75 Å². The van der Waals surface area contributed by atoms with E-state index in [-0.39, 0.29) is 23.7 Å². The van der Waals surface area contributed by atoms with Crippen LogP contribution in [0.2, 0.25) is 0 Å². The normalized spacial score (nSPS) is 23.2. The van der Waals surface area contributed by atoms with E-state index in [1.165, 1.54) is 4.90 Å². The summed E-state index contributed by atoms with van der Waals surface area (Å²) >= 11 is 0. The lowest BCUT2D eigenvalue weighted by atomic mass is 9.81. The van der Waals surface area contributed by atoms with Gasteiger partial charge in [-0.05, 0) is 37.1 Å². The topological polar surface area (TPSA) is 46.6 Å². The number of para-hydroxylation sites is 3. The molecular formula is C20H19NO3. The number of nitrogens with zero attached hydrogens (tertiary/aromatic N) is 1. The van der Waals surface area contributed by atoms with Gasteiger partial charge in [-0.1, -0.05) is 43.2 Å². The van der Waals surface area contributed by atoms with Crippen LogP contribution >= 0.6 is 0 Å². The summed E-state index contributed by atoms with van der Waals surface area (Å²) in [5.74, 6) is 0.750. The molecule has 24 heavy (non-hydrogen) atoms. The van der Waals surface area contributed by atoms with E-state index in [4.69, 9.17) is 4.74 Å². The average molecular weight is 321 g/mol. The Morgan fingerprint density at radius 2 is 1.38 bits per heavy atom. The summed E-state index contributed by atoms with van der Waals surface area (Å²) in [6.07, 6.45) is 3.67. The fourth-order valence-electron chi connectivity index (χ4n) is 3.74. The van der Waals surface area contributed by atoms with Gasteiger partial charge in [-0.25, -0.2) is 4.90 Å². The van der Waals surface area contributed by atoms with E-state index in [1.807, 2.05) is 42.5 Å². The number of rotatable bonds is 3. The molecule has 2 unspecified atom stereocenters. The fourth-order valence-corrected chi connectivity index (χ4v) is 3.74. The number of benzene rings is 2. The first-order valence-corrected chi connectivity index (χ1v) is 8.45. The highest BCUT2D eigenvalue weighted by atomic mass is 16.5. The van der Waals surface area contributed by atoms with E-state index < -0.39 is 0 Å². The van der Waals surface area contributed by atoms with Crippen LogP contribution in [0.15, 0.2) is 54.6 Å². The second-order valence-electron chi connectivity index (χ2n) is 6.39. The molecule has 2 aromatic rings. The Balaban J connectivity index is 1.69. The fraction of sp³-hybridized carbons (Fsp3) is 0.300. The molecule has 1 saturated heterocycles. The van der Waals surface area contributed by atoms with Gasteiger partial charge >= 0.3 is 0 Å². The molecule has 1 aliphatic carbocycles. The summed E-state index contributed by atoms with van der Waals surface area (Å²) in [5.41, 5.74) is 0.547. The van der Waals surface area contributed by atoms with Gasteiger partial charge in [-0.3, -0.25) is 9.59 Å². The molecule has 1 saturated carbocycles. The number of anilines is 1. The lowest BCUT2D eigenvalue weighted by Crippen LogP contribution is -2.31. The molecule has 1 heterocycles. The van der Waals surface area contributed by atoms with Crippen LogP contribution in [0, 0.1) is 11.8 Å². The Hall–Kier alpha value is -2.62. The molecule has 4 heteroatoms. The standard InChI is InChI=1S/C20H19NO3/c22-19-15-10-4-5-11-16(15)20(23)21(19)17-12-6-7-13-18(17)24-14-8-2-1-3-9-14/h1-3,6-9,12-13,15-16H,4-5,10-11H2. The molecule has 2 atom stereocenters. The lowest BCUT2D eigenvalue weighted by molar-refractivity contribution is -0.122. The maximum absolute atomic E-state index is 12.8. The Morgan fingerprint density at radius 3 is 2.04 bits per heavy atom.